The van der Waals surface area contributed by atoms with Crippen molar-refractivity contribution in [3.05, 3.63) is 59.4 Å². The maximum Gasteiger partial charge on any atom is 0.137 e. The van der Waals surface area contributed by atoms with Crippen LogP contribution in [-0.2, 0) is 6.61 Å². The van der Waals surface area contributed by atoms with E-state index in [4.69, 9.17) is 4.74 Å². The van der Waals surface area contributed by atoms with Crippen LogP contribution in [-0.4, -0.2) is 6.04 Å². The molecule has 0 atom stereocenters. The van der Waals surface area contributed by atoms with E-state index in [-0.39, 0.29) is 18.5 Å². The zero-order valence-corrected chi connectivity index (χ0v) is 12.1. The molecule has 2 aromatic carbocycles. The Morgan fingerprint density at radius 2 is 2.05 bits per heavy atom. The third-order valence-corrected chi connectivity index (χ3v) is 2.84. The summed E-state index contributed by atoms with van der Waals surface area (Å²) in [6.45, 7) is 4.28. The van der Waals surface area contributed by atoms with E-state index < -0.39 is 0 Å². The Morgan fingerprint density at radius 3 is 2.71 bits per heavy atom. The largest absolute Gasteiger partial charge is 0.488 e. The number of halogens is 1. The van der Waals surface area contributed by atoms with Gasteiger partial charge in [0.25, 0.3) is 0 Å². The minimum atomic E-state index is -0.298. The predicted octanol–water partition coefficient (Wildman–Crippen LogP) is 4.10. The smallest absolute Gasteiger partial charge is 0.137 e. The summed E-state index contributed by atoms with van der Waals surface area (Å²) >= 11 is 0. The van der Waals surface area contributed by atoms with E-state index in [2.05, 4.69) is 11.4 Å². The number of hydrogen-bond donors (Lipinski definition) is 1. The fourth-order valence-electron chi connectivity index (χ4n) is 1.95. The summed E-state index contributed by atoms with van der Waals surface area (Å²) in [5.74, 6) is 0.198. The fourth-order valence-corrected chi connectivity index (χ4v) is 1.95. The zero-order valence-electron chi connectivity index (χ0n) is 12.1. The Bertz CT molecular complexity index is 662. The van der Waals surface area contributed by atoms with Crippen molar-refractivity contribution in [2.45, 2.75) is 26.5 Å². The van der Waals surface area contributed by atoms with Gasteiger partial charge in [-0.05, 0) is 49.7 Å². The van der Waals surface area contributed by atoms with Crippen LogP contribution in [0, 0.1) is 17.1 Å². The maximum atomic E-state index is 13.1. The van der Waals surface area contributed by atoms with Crippen LogP contribution in [0.3, 0.4) is 0 Å². The van der Waals surface area contributed by atoms with Gasteiger partial charge in [-0.15, -0.1) is 0 Å². The van der Waals surface area contributed by atoms with Gasteiger partial charge in [-0.1, -0.05) is 12.1 Å². The van der Waals surface area contributed by atoms with Crippen molar-refractivity contribution < 1.29 is 9.13 Å². The van der Waals surface area contributed by atoms with Crippen molar-refractivity contribution in [1.29, 1.82) is 5.26 Å². The van der Waals surface area contributed by atoms with Crippen LogP contribution in [0.15, 0.2) is 42.5 Å². The summed E-state index contributed by atoms with van der Waals surface area (Å²) in [5.41, 5.74) is 2.06. The summed E-state index contributed by atoms with van der Waals surface area (Å²) < 4.78 is 18.7. The molecule has 0 heterocycles. The number of ether oxygens (including phenoxy) is 1. The first-order valence-corrected chi connectivity index (χ1v) is 6.76. The Labute approximate surface area is 124 Å². The monoisotopic (exact) mass is 284 g/mol. The molecule has 108 valence electrons. The lowest BCUT2D eigenvalue weighted by molar-refractivity contribution is 0.304. The van der Waals surface area contributed by atoms with Crippen LogP contribution in [0.2, 0.25) is 0 Å². The molecule has 0 aromatic heterocycles. The number of nitriles is 1. The minimum Gasteiger partial charge on any atom is -0.488 e. The normalized spacial score (nSPS) is 10.2. The third kappa shape index (κ3) is 4.22. The third-order valence-electron chi connectivity index (χ3n) is 2.84. The molecule has 0 unspecified atom stereocenters. The molecule has 0 bridgehead atoms. The van der Waals surface area contributed by atoms with Gasteiger partial charge in [-0.25, -0.2) is 4.39 Å². The Kier molecular flexibility index (Phi) is 4.78. The molecular formula is C17H17FN2O. The first-order chi connectivity index (χ1) is 10.1. The molecule has 0 fully saturated rings. The molecule has 2 aromatic rings. The van der Waals surface area contributed by atoms with Crippen LogP contribution in [0.4, 0.5) is 10.1 Å². The number of hydrogen-bond acceptors (Lipinski definition) is 3. The molecule has 2 rings (SSSR count). The highest BCUT2D eigenvalue weighted by atomic mass is 19.1. The number of nitrogens with one attached hydrogen (secondary N) is 1. The lowest BCUT2D eigenvalue weighted by Crippen LogP contribution is -2.09. The molecule has 0 radical (unpaired) electrons. The van der Waals surface area contributed by atoms with Crippen molar-refractivity contribution in [2.24, 2.45) is 0 Å². The molecule has 0 saturated heterocycles. The molecule has 0 spiro atoms. The van der Waals surface area contributed by atoms with Gasteiger partial charge in [-0.3, -0.25) is 0 Å². The van der Waals surface area contributed by atoms with Crippen molar-refractivity contribution in [3.8, 4) is 11.8 Å². The number of rotatable bonds is 5. The van der Waals surface area contributed by atoms with Crippen molar-refractivity contribution >= 4 is 5.69 Å². The van der Waals surface area contributed by atoms with Crippen molar-refractivity contribution in [2.75, 3.05) is 5.32 Å². The molecule has 1 N–H and O–H groups in total. The zero-order chi connectivity index (χ0) is 15.2. The van der Waals surface area contributed by atoms with E-state index in [0.717, 1.165) is 11.3 Å². The average Bonchev–Trinajstić information content (AvgIpc) is 2.45. The van der Waals surface area contributed by atoms with Gasteiger partial charge in [0.15, 0.2) is 0 Å². The summed E-state index contributed by atoms with van der Waals surface area (Å²) in [4.78, 5) is 0. The standard InChI is InChI=1S/C17H17FN2O/c1-12(2)20-16-6-7-17(14(9-16)10-19)21-11-13-4-3-5-15(18)8-13/h3-9,12,20H,11H2,1-2H3. The van der Waals surface area contributed by atoms with E-state index in [1.165, 1.54) is 12.1 Å². The van der Waals surface area contributed by atoms with E-state index in [9.17, 15) is 9.65 Å². The first kappa shape index (κ1) is 14.9. The Hall–Kier alpha value is -2.54. The highest BCUT2D eigenvalue weighted by Crippen LogP contribution is 2.23. The minimum absolute atomic E-state index is 0.226. The average molecular weight is 284 g/mol. The quantitative estimate of drug-likeness (QED) is 0.899. The molecule has 4 heteroatoms. The van der Waals surface area contributed by atoms with E-state index >= 15 is 0 Å². The van der Waals surface area contributed by atoms with Gasteiger partial charge >= 0.3 is 0 Å². The molecular weight excluding hydrogens is 267 g/mol. The molecule has 21 heavy (non-hydrogen) atoms. The molecule has 0 aliphatic heterocycles. The van der Waals surface area contributed by atoms with E-state index in [0.29, 0.717) is 11.3 Å². The highest BCUT2D eigenvalue weighted by molar-refractivity contribution is 5.55. The van der Waals surface area contributed by atoms with Gasteiger partial charge < -0.3 is 10.1 Å². The Morgan fingerprint density at radius 1 is 1.24 bits per heavy atom. The van der Waals surface area contributed by atoms with Crippen LogP contribution < -0.4 is 10.1 Å². The van der Waals surface area contributed by atoms with Crippen LogP contribution in [0.5, 0.6) is 5.75 Å². The SMILES string of the molecule is CC(C)Nc1ccc(OCc2cccc(F)c2)c(C#N)c1. The maximum absolute atomic E-state index is 13.1. The van der Waals surface area contributed by atoms with Gasteiger partial charge in [0.05, 0.1) is 5.56 Å². The number of nitrogens with zero attached hydrogens (tertiary/aromatic N) is 1. The molecule has 0 aliphatic carbocycles. The van der Waals surface area contributed by atoms with Gasteiger partial charge in [-0.2, -0.15) is 5.26 Å². The summed E-state index contributed by atoms with van der Waals surface area (Å²) in [5, 5.41) is 12.4. The number of benzene rings is 2. The van der Waals surface area contributed by atoms with E-state index in [1.54, 1.807) is 24.3 Å². The summed E-state index contributed by atoms with van der Waals surface area (Å²) in [7, 11) is 0. The van der Waals surface area contributed by atoms with Crippen LogP contribution in [0.25, 0.3) is 0 Å². The number of anilines is 1. The topological polar surface area (TPSA) is 45.0 Å². The molecule has 0 saturated carbocycles. The molecule has 3 nitrogen and oxygen atoms in total. The van der Waals surface area contributed by atoms with Crippen LogP contribution in [0.1, 0.15) is 25.0 Å². The molecule has 0 aliphatic rings. The second-order valence-corrected chi connectivity index (χ2v) is 5.04. The second-order valence-electron chi connectivity index (χ2n) is 5.04. The van der Waals surface area contributed by atoms with E-state index in [1.807, 2.05) is 19.9 Å². The van der Waals surface area contributed by atoms with Crippen LogP contribution >= 0.6 is 0 Å². The fraction of sp³-hybridized carbons (Fsp3) is 0.235. The lowest BCUT2D eigenvalue weighted by Gasteiger charge is -2.13. The van der Waals surface area contributed by atoms with Gasteiger partial charge in [0.2, 0.25) is 0 Å². The lowest BCUT2D eigenvalue weighted by atomic mass is 10.1. The Balaban J connectivity index is 2.11. The molecule has 0 amide bonds. The second kappa shape index (κ2) is 6.76. The van der Waals surface area contributed by atoms with Crippen molar-refractivity contribution in [1.82, 2.24) is 0 Å². The van der Waals surface area contributed by atoms with Crippen molar-refractivity contribution in [3.63, 3.8) is 0 Å². The summed E-state index contributed by atoms with van der Waals surface area (Å²) in [6, 6.07) is 14.0. The highest BCUT2D eigenvalue weighted by Gasteiger charge is 2.06. The van der Waals surface area contributed by atoms with Gasteiger partial charge in [0, 0.05) is 11.7 Å². The van der Waals surface area contributed by atoms with Gasteiger partial charge in [0.1, 0.15) is 24.2 Å². The first-order valence-electron chi connectivity index (χ1n) is 6.76. The predicted molar refractivity (Wildman–Crippen MR) is 80.6 cm³/mol. The summed E-state index contributed by atoms with van der Waals surface area (Å²) in [6.07, 6.45) is 0.